The van der Waals surface area contributed by atoms with Gasteiger partial charge in [-0.3, -0.25) is 9.59 Å². The van der Waals surface area contributed by atoms with Crippen molar-refractivity contribution < 1.29 is 24.5 Å². The Bertz CT molecular complexity index is 1240. The predicted molar refractivity (Wildman–Crippen MR) is 324 cm³/mol. The van der Waals surface area contributed by atoms with Crippen LogP contribution in [0.15, 0.2) is 48.6 Å². The number of carbonyl (C=O) groups is 2. The lowest BCUT2D eigenvalue weighted by Gasteiger charge is -2.20. The topological polar surface area (TPSA) is 95.9 Å². The van der Waals surface area contributed by atoms with Gasteiger partial charge in [0.2, 0.25) is 5.91 Å². The fourth-order valence-electron chi connectivity index (χ4n) is 10.0. The molecule has 0 aliphatic heterocycles. The molecule has 0 rings (SSSR count). The Morgan fingerprint density at radius 3 is 1.05 bits per heavy atom. The Morgan fingerprint density at radius 1 is 0.378 bits per heavy atom. The zero-order chi connectivity index (χ0) is 53.6. The minimum absolute atomic E-state index is 0.00556. The fraction of sp³-hybridized carbons (Fsp3) is 0.853. The molecular formula is C68H127NO5. The molecule has 0 saturated heterocycles. The van der Waals surface area contributed by atoms with Gasteiger partial charge in [-0.25, -0.2) is 0 Å². The Labute approximate surface area is 461 Å². The van der Waals surface area contributed by atoms with Gasteiger partial charge in [0.15, 0.2) is 0 Å². The smallest absolute Gasteiger partial charge is 0.305 e. The van der Waals surface area contributed by atoms with Gasteiger partial charge in [0.05, 0.1) is 25.4 Å². The summed E-state index contributed by atoms with van der Waals surface area (Å²) in [7, 11) is 0. The summed E-state index contributed by atoms with van der Waals surface area (Å²) >= 11 is 0. The van der Waals surface area contributed by atoms with E-state index in [0.717, 1.165) is 51.4 Å². The lowest BCUT2D eigenvalue weighted by molar-refractivity contribution is -0.143. The van der Waals surface area contributed by atoms with Crippen molar-refractivity contribution in [2.75, 3.05) is 13.2 Å². The number of amides is 1. The van der Waals surface area contributed by atoms with Crippen molar-refractivity contribution in [2.45, 2.75) is 360 Å². The first kappa shape index (κ1) is 71.8. The molecule has 0 spiro atoms. The summed E-state index contributed by atoms with van der Waals surface area (Å²) in [6.07, 6.45) is 81.6. The number of hydrogen-bond donors (Lipinski definition) is 3. The largest absolute Gasteiger partial charge is 0.466 e. The van der Waals surface area contributed by atoms with Crippen LogP contribution in [0.1, 0.15) is 348 Å². The SMILES string of the molecule is CCCCCC/C=C\C/C=C\CCCCCCCCCC(=O)OCCCCCCCCCCCCCC/C=C\CCCCCCCCCCCC(=O)NC(CO)C(O)/C=C/CCCCCCCCCCCCCC. The summed E-state index contributed by atoms with van der Waals surface area (Å²) in [6.45, 7) is 4.89. The predicted octanol–water partition coefficient (Wildman–Crippen LogP) is 20.9. The van der Waals surface area contributed by atoms with Gasteiger partial charge in [-0.15, -0.1) is 0 Å². The first-order valence-corrected chi connectivity index (χ1v) is 32.9. The van der Waals surface area contributed by atoms with Crippen LogP contribution in [0.5, 0.6) is 0 Å². The van der Waals surface area contributed by atoms with E-state index in [2.05, 4.69) is 55.6 Å². The zero-order valence-corrected chi connectivity index (χ0v) is 49.6. The molecule has 74 heavy (non-hydrogen) atoms. The molecule has 0 saturated carbocycles. The molecule has 6 nitrogen and oxygen atoms in total. The van der Waals surface area contributed by atoms with E-state index >= 15 is 0 Å². The molecule has 2 unspecified atom stereocenters. The van der Waals surface area contributed by atoms with Gasteiger partial charge in [-0.05, 0) is 89.9 Å². The second-order valence-corrected chi connectivity index (χ2v) is 22.4. The van der Waals surface area contributed by atoms with Crippen molar-refractivity contribution >= 4 is 11.9 Å². The molecule has 3 N–H and O–H groups in total. The third-order valence-electron chi connectivity index (χ3n) is 15.1. The van der Waals surface area contributed by atoms with E-state index in [1.807, 2.05) is 6.08 Å². The highest BCUT2D eigenvalue weighted by molar-refractivity contribution is 5.76. The van der Waals surface area contributed by atoms with Crippen LogP contribution in [0.3, 0.4) is 0 Å². The molecule has 0 aromatic rings. The number of aliphatic hydroxyl groups excluding tert-OH is 2. The highest BCUT2D eigenvalue weighted by Gasteiger charge is 2.18. The Balaban J connectivity index is 3.41. The number of allylic oxidation sites excluding steroid dienone is 7. The molecule has 0 aromatic carbocycles. The van der Waals surface area contributed by atoms with Gasteiger partial charge >= 0.3 is 5.97 Å². The number of unbranched alkanes of at least 4 members (excludes halogenated alkanes) is 44. The number of carbonyl (C=O) groups excluding carboxylic acids is 2. The van der Waals surface area contributed by atoms with Gasteiger partial charge in [0.1, 0.15) is 0 Å². The second-order valence-electron chi connectivity index (χ2n) is 22.4. The van der Waals surface area contributed by atoms with Crippen molar-refractivity contribution in [1.29, 1.82) is 0 Å². The van der Waals surface area contributed by atoms with E-state index in [-0.39, 0.29) is 18.5 Å². The number of hydrogen-bond acceptors (Lipinski definition) is 5. The van der Waals surface area contributed by atoms with Crippen LogP contribution in [-0.2, 0) is 14.3 Å². The lowest BCUT2D eigenvalue weighted by atomic mass is 10.0. The normalized spacial score (nSPS) is 12.9. The van der Waals surface area contributed by atoms with Crippen LogP contribution < -0.4 is 5.32 Å². The first-order valence-electron chi connectivity index (χ1n) is 32.9. The van der Waals surface area contributed by atoms with Gasteiger partial charge < -0.3 is 20.3 Å². The minimum Gasteiger partial charge on any atom is -0.466 e. The van der Waals surface area contributed by atoms with Gasteiger partial charge in [0, 0.05) is 12.8 Å². The summed E-state index contributed by atoms with van der Waals surface area (Å²) in [5, 5.41) is 23.1. The van der Waals surface area contributed by atoms with Crippen LogP contribution >= 0.6 is 0 Å². The molecule has 0 heterocycles. The van der Waals surface area contributed by atoms with E-state index in [4.69, 9.17) is 4.74 Å². The average Bonchev–Trinajstić information content (AvgIpc) is 3.40. The maximum absolute atomic E-state index is 12.5. The number of aliphatic hydroxyl groups is 2. The lowest BCUT2D eigenvalue weighted by Crippen LogP contribution is -2.45. The maximum atomic E-state index is 12.5. The Morgan fingerprint density at radius 2 is 0.676 bits per heavy atom. The average molecular weight is 1040 g/mol. The molecule has 0 aromatic heterocycles. The van der Waals surface area contributed by atoms with Crippen LogP contribution in [-0.4, -0.2) is 47.4 Å². The molecule has 434 valence electrons. The second kappa shape index (κ2) is 63.4. The van der Waals surface area contributed by atoms with E-state index in [1.54, 1.807) is 6.08 Å². The van der Waals surface area contributed by atoms with Crippen LogP contribution in [0, 0.1) is 0 Å². The minimum atomic E-state index is -0.847. The third-order valence-corrected chi connectivity index (χ3v) is 15.1. The monoisotopic (exact) mass is 1040 g/mol. The molecule has 0 aliphatic carbocycles. The third kappa shape index (κ3) is 59.1. The summed E-state index contributed by atoms with van der Waals surface area (Å²) in [5.41, 5.74) is 0. The Kier molecular flexibility index (Phi) is 61.5. The summed E-state index contributed by atoms with van der Waals surface area (Å²) in [6, 6.07) is -0.630. The molecule has 2 atom stereocenters. The van der Waals surface area contributed by atoms with Crippen LogP contribution in [0.2, 0.25) is 0 Å². The number of nitrogens with one attached hydrogen (secondary N) is 1. The van der Waals surface area contributed by atoms with Gasteiger partial charge in [-0.1, -0.05) is 294 Å². The highest BCUT2D eigenvalue weighted by atomic mass is 16.5. The maximum Gasteiger partial charge on any atom is 0.305 e. The fourth-order valence-corrected chi connectivity index (χ4v) is 10.0. The van der Waals surface area contributed by atoms with Crippen molar-refractivity contribution in [3.8, 4) is 0 Å². The zero-order valence-electron chi connectivity index (χ0n) is 49.6. The number of esters is 1. The standard InChI is InChI=1S/C68H127NO5/c1-3-5-7-9-11-13-15-17-19-20-31-34-38-42-46-50-54-58-62-68(73)74-63-59-55-51-47-43-39-35-32-29-27-25-23-21-22-24-26-28-30-33-37-41-45-49-53-57-61-67(72)69-65(64-70)66(71)60-56-52-48-44-40-36-18-16-14-12-10-8-6-4-2/h13,15,19-20,22,24,56,60,65-66,70-71H,3-12,14,16-18,21,23,25-55,57-59,61-64H2,1-2H3,(H,69,72)/b15-13-,20-19-,24-22-,60-56+. The van der Waals surface area contributed by atoms with E-state index in [1.165, 1.54) is 270 Å². The summed E-state index contributed by atoms with van der Waals surface area (Å²) in [5.74, 6) is -0.0650. The van der Waals surface area contributed by atoms with Crippen LogP contribution in [0.25, 0.3) is 0 Å². The van der Waals surface area contributed by atoms with E-state index < -0.39 is 12.1 Å². The molecule has 1 amide bonds. The van der Waals surface area contributed by atoms with Crippen molar-refractivity contribution in [1.82, 2.24) is 5.32 Å². The molecule has 6 heteroatoms. The van der Waals surface area contributed by atoms with Crippen molar-refractivity contribution in [3.63, 3.8) is 0 Å². The quantitative estimate of drug-likeness (QED) is 0.0320. The molecule has 0 bridgehead atoms. The van der Waals surface area contributed by atoms with Crippen molar-refractivity contribution in [2.24, 2.45) is 0 Å². The van der Waals surface area contributed by atoms with Gasteiger partial charge in [-0.2, -0.15) is 0 Å². The molecular weight excluding hydrogens is 911 g/mol. The Hall–Kier alpha value is -2.18. The number of rotatable bonds is 61. The van der Waals surface area contributed by atoms with Crippen molar-refractivity contribution in [3.05, 3.63) is 48.6 Å². The molecule has 0 radical (unpaired) electrons. The van der Waals surface area contributed by atoms with Crippen LogP contribution in [0.4, 0.5) is 0 Å². The van der Waals surface area contributed by atoms with E-state index in [9.17, 15) is 19.8 Å². The number of ether oxygens (including phenoxy) is 1. The molecule has 0 aliphatic rings. The van der Waals surface area contributed by atoms with Gasteiger partial charge in [0.25, 0.3) is 0 Å². The first-order chi connectivity index (χ1) is 36.5. The van der Waals surface area contributed by atoms with E-state index in [0.29, 0.717) is 19.4 Å². The molecule has 0 fully saturated rings. The summed E-state index contributed by atoms with van der Waals surface area (Å²) < 4.78 is 5.50. The summed E-state index contributed by atoms with van der Waals surface area (Å²) in [4.78, 5) is 24.6. The highest BCUT2D eigenvalue weighted by Crippen LogP contribution is 2.17.